The molecule has 5 aliphatic rings. The molecule has 5 rings (SSSR count). The Morgan fingerprint density at radius 2 is 1.55 bits per heavy atom. The smallest absolute Gasteiger partial charge is 0.111 e. The highest BCUT2D eigenvalue weighted by atomic mass is 15.3. The average molecular weight is 275 g/mol. The van der Waals surface area contributed by atoms with E-state index >= 15 is 0 Å². The normalized spacial score (nSPS) is 44.2. The summed E-state index contributed by atoms with van der Waals surface area (Å²) in [6, 6.07) is 0.551. The second-order valence-electron chi connectivity index (χ2n) is 8.25. The highest BCUT2D eigenvalue weighted by Gasteiger charge is 2.51. The van der Waals surface area contributed by atoms with Gasteiger partial charge in [-0.15, -0.1) is 0 Å². The van der Waals surface area contributed by atoms with Crippen LogP contribution in [-0.2, 0) is 0 Å². The van der Waals surface area contributed by atoms with Crippen LogP contribution in [0.4, 0.5) is 0 Å². The van der Waals surface area contributed by atoms with Crippen LogP contribution in [0.2, 0.25) is 0 Å². The molecule has 0 saturated heterocycles. The first-order valence-corrected chi connectivity index (χ1v) is 8.78. The molecule has 0 heterocycles. The highest BCUT2D eigenvalue weighted by molar-refractivity contribution is 5.82. The lowest BCUT2D eigenvalue weighted by Gasteiger charge is -2.57. The molecule has 3 N–H and O–H groups in total. The van der Waals surface area contributed by atoms with E-state index in [1.165, 1.54) is 64.2 Å². The molecule has 0 aromatic heterocycles. The fraction of sp³-hybridized carbons (Fsp3) is 0.941. The third kappa shape index (κ3) is 2.38. The second kappa shape index (κ2) is 5.01. The molecule has 0 aromatic rings. The number of hydrazine groups is 1. The van der Waals surface area contributed by atoms with Crippen molar-refractivity contribution < 1.29 is 0 Å². The van der Waals surface area contributed by atoms with Gasteiger partial charge in [-0.1, -0.05) is 12.8 Å². The number of hydrogen-bond acceptors (Lipinski definition) is 2. The maximum atomic E-state index is 5.80. The Kier molecular flexibility index (Phi) is 3.29. The molecule has 0 aromatic carbocycles. The number of aliphatic imine (C=N–C) groups is 1. The minimum atomic E-state index is 0.551. The molecule has 3 nitrogen and oxygen atoms in total. The number of hydrogen-bond donors (Lipinski definition) is 2. The third-order valence-electron chi connectivity index (χ3n) is 6.54. The molecule has 0 amide bonds. The summed E-state index contributed by atoms with van der Waals surface area (Å²) in [6.07, 6.45) is 15.3. The molecular weight excluding hydrogens is 246 g/mol. The molecule has 0 atom stereocenters. The van der Waals surface area contributed by atoms with Gasteiger partial charge in [0.05, 0.1) is 6.04 Å². The first kappa shape index (κ1) is 13.1. The largest absolute Gasteiger partial charge is 0.312 e. The summed E-state index contributed by atoms with van der Waals surface area (Å²) < 4.78 is 0. The van der Waals surface area contributed by atoms with E-state index in [1.807, 2.05) is 0 Å². The minimum absolute atomic E-state index is 0.551. The van der Waals surface area contributed by atoms with Gasteiger partial charge in [0.1, 0.15) is 5.84 Å². The molecule has 0 spiro atoms. The van der Waals surface area contributed by atoms with Crippen LogP contribution in [0, 0.1) is 23.2 Å². The van der Waals surface area contributed by atoms with E-state index in [1.54, 1.807) is 0 Å². The third-order valence-corrected chi connectivity index (χ3v) is 6.54. The lowest BCUT2D eigenvalue weighted by atomic mass is 9.49. The first-order chi connectivity index (χ1) is 9.75. The van der Waals surface area contributed by atoms with Crippen molar-refractivity contribution in [2.45, 2.75) is 76.7 Å². The number of nitrogens with two attached hydrogens (primary N) is 1. The molecular formula is C17H29N3. The Morgan fingerprint density at radius 3 is 2.05 bits per heavy atom. The van der Waals surface area contributed by atoms with Crippen molar-refractivity contribution >= 4 is 5.84 Å². The molecule has 4 bridgehead atoms. The van der Waals surface area contributed by atoms with E-state index in [-0.39, 0.29) is 0 Å². The SMILES string of the molecule is NNC(CC12CC3CC(CC(C3)C1)C2)=NC1CCCC1. The molecule has 20 heavy (non-hydrogen) atoms. The highest BCUT2D eigenvalue weighted by Crippen LogP contribution is 2.61. The average Bonchev–Trinajstić information content (AvgIpc) is 2.89. The Labute approximate surface area is 122 Å². The van der Waals surface area contributed by atoms with Crippen molar-refractivity contribution in [2.24, 2.45) is 34.0 Å². The lowest BCUT2D eigenvalue weighted by Crippen LogP contribution is -2.48. The number of amidine groups is 1. The zero-order chi connectivity index (χ0) is 13.6. The molecule has 5 saturated carbocycles. The molecule has 5 fully saturated rings. The number of nitrogens with zero attached hydrogens (tertiary/aromatic N) is 1. The Morgan fingerprint density at radius 1 is 1.00 bits per heavy atom. The van der Waals surface area contributed by atoms with Crippen LogP contribution in [-0.4, -0.2) is 11.9 Å². The summed E-state index contributed by atoms with van der Waals surface area (Å²) in [4.78, 5) is 4.95. The summed E-state index contributed by atoms with van der Waals surface area (Å²) in [5.74, 6) is 9.97. The topological polar surface area (TPSA) is 50.4 Å². The van der Waals surface area contributed by atoms with Gasteiger partial charge < -0.3 is 5.43 Å². The standard InChI is InChI=1S/C17H29N3/c18-20-16(19-15-3-1-2-4-15)11-17-8-12-5-13(9-17)7-14(6-12)10-17/h12-15H,1-11,18H2,(H,19,20). The van der Waals surface area contributed by atoms with Crippen molar-refractivity contribution in [3.05, 3.63) is 0 Å². The Bertz CT molecular complexity index is 360. The first-order valence-electron chi connectivity index (χ1n) is 8.78. The van der Waals surface area contributed by atoms with Crippen LogP contribution in [0.3, 0.4) is 0 Å². The van der Waals surface area contributed by atoms with E-state index in [9.17, 15) is 0 Å². The van der Waals surface area contributed by atoms with Crippen LogP contribution < -0.4 is 11.3 Å². The quantitative estimate of drug-likeness (QED) is 0.359. The fourth-order valence-electron chi connectivity index (χ4n) is 6.25. The van der Waals surface area contributed by atoms with E-state index in [4.69, 9.17) is 10.8 Å². The van der Waals surface area contributed by atoms with Crippen molar-refractivity contribution in [1.29, 1.82) is 0 Å². The van der Waals surface area contributed by atoms with Crippen LogP contribution in [0.15, 0.2) is 4.99 Å². The molecule has 5 aliphatic carbocycles. The summed E-state index contributed by atoms with van der Waals surface area (Å²) in [5, 5.41) is 0. The van der Waals surface area contributed by atoms with Gasteiger partial charge in [-0.05, 0) is 74.5 Å². The van der Waals surface area contributed by atoms with Gasteiger partial charge in [-0.25, -0.2) is 5.84 Å². The Hall–Kier alpha value is -0.570. The van der Waals surface area contributed by atoms with Crippen molar-refractivity contribution in [3.63, 3.8) is 0 Å². The lowest BCUT2D eigenvalue weighted by molar-refractivity contribution is -0.0485. The van der Waals surface area contributed by atoms with Crippen molar-refractivity contribution in [3.8, 4) is 0 Å². The maximum Gasteiger partial charge on any atom is 0.111 e. The monoisotopic (exact) mass is 275 g/mol. The van der Waals surface area contributed by atoms with Gasteiger partial charge in [0.15, 0.2) is 0 Å². The van der Waals surface area contributed by atoms with Crippen LogP contribution >= 0.6 is 0 Å². The Balaban J connectivity index is 1.49. The van der Waals surface area contributed by atoms with Gasteiger partial charge in [0.25, 0.3) is 0 Å². The molecule has 0 radical (unpaired) electrons. The van der Waals surface area contributed by atoms with E-state index in [0.717, 1.165) is 30.0 Å². The maximum absolute atomic E-state index is 5.80. The van der Waals surface area contributed by atoms with Gasteiger partial charge >= 0.3 is 0 Å². The zero-order valence-electron chi connectivity index (χ0n) is 12.6. The van der Waals surface area contributed by atoms with E-state index in [0.29, 0.717) is 11.5 Å². The van der Waals surface area contributed by atoms with Gasteiger partial charge in [-0.3, -0.25) is 4.99 Å². The fourth-order valence-corrected chi connectivity index (χ4v) is 6.25. The van der Waals surface area contributed by atoms with Crippen molar-refractivity contribution in [2.75, 3.05) is 0 Å². The zero-order valence-corrected chi connectivity index (χ0v) is 12.6. The van der Waals surface area contributed by atoms with E-state index < -0.39 is 0 Å². The van der Waals surface area contributed by atoms with Crippen molar-refractivity contribution in [1.82, 2.24) is 5.43 Å². The van der Waals surface area contributed by atoms with Crippen LogP contribution in [0.25, 0.3) is 0 Å². The predicted molar refractivity (Wildman–Crippen MR) is 82.2 cm³/mol. The van der Waals surface area contributed by atoms with Crippen LogP contribution in [0.1, 0.15) is 70.6 Å². The van der Waals surface area contributed by atoms with Gasteiger partial charge in [0, 0.05) is 6.42 Å². The molecule has 112 valence electrons. The number of rotatable bonds is 3. The summed E-state index contributed by atoms with van der Waals surface area (Å²) in [5.41, 5.74) is 3.51. The van der Waals surface area contributed by atoms with Gasteiger partial charge in [-0.2, -0.15) is 0 Å². The van der Waals surface area contributed by atoms with E-state index in [2.05, 4.69) is 5.43 Å². The summed E-state index contributed by atoms with van der Waals surface area (Å²) >= 11 is 0. The molecule has 0 aliphatic heterocycles. The van der Waals surface area contributed by atoms with Crippen LogP contribution in [0.5, 0.6) is 0 Å². The second-order valence-corrected chi connectivity index (χ2v) is 8.25. The number of nitrogens with one attached hydrogen (secondary N) is 1. The summed E-state index contributed by atoms with van der Waals surface area (Å²) in [7, 11) is 0. The summed E-state index contributed by atoms with van der Waals surface area (Å²) in [6.45, 7) is 0. The van der Waals surface area contributed by atoms with Gasteiger partial charge in [0.2, 0.25) is 0 Å². The molecule has 0 unspecified atom stereocenters. The molecule has 3 heteroatoms. The predicted octanol–water partition coefficient (Wildman–Crippen LogP) is 3.40. The minimum Gasteiger partial charge on any atom is -0.312 e.